The first-order valence-corrected chi connectivity index (χ1v) is 4.27. The molecular weight excluding hydrogens is 158 g/mol. The van der Waals surface area contributed by atoms with E-state index in [1.54, 1.807) is 0 Å². The van der Waals surface area contributed by atoms with Crippen LogP contribution in [0.25, 0.3) is 0 Å². The highest BCUT2D eigenvalue weighted by atomic mass is 35.5. The lowest BCUT2D eigenvalue weighted by atomic mass is 10.3. The normalized spacial score (nSPS) is 10.0. The summed E-state index contributed by atoms with van der Waals surface area (Å²) in [6, 6.07) is 0. The lowest BCUT2D eigenvalue weighted by Crippen LogP contribution is -2.14. The summed E-state index contributed by atoms with van der Waals surface area (Å²) < 4.78 is 0. The van der Waals surface area contributed by atoms with Crippen LogP contribution in [0, 0.1) is 0 Å². The minimum absolute atomic E-state index is 0. The predicted octanol–water partition coefficient (Wildman–Crippen LogP) is 2.76. The number of hydrogen-bond acceptors (Lipinski definition) is 1. The van der Waals surface area contributed by atoms with E-state index >= 15 is 0 Å². The third-order valence-corrected chi connectivity index (χ3v) is 1.37. The van der Waals surface area contributed by atoms with E-state index in [0.717, 1.165) is 19.5 Å². The van der Waals surface area contributed by atoms with Gasteiger partial charge in [0, 0.05) is 6.54 Å². The average molecular weight is 178 g/mol. The van der Waals surface area contributed by atoms with Gasteiger partial charge in [0.2, 0.25) is 0 Å². The maximum absolute atomic E-state index is 3.33. The predicted molar refractivity (Wildman–Crippen MR) is 54.5 cm³/mol. The highest BCUT2D eigenvalue weighted by Gasteiger charge is 1.80. The van der Waals surface area contributed by atoms with Crippen molar-refractivity contribution in [1.29, 1.82) is 0 Å². The maximum atomic E-state index is 3.33. The van der Waals surface area contributed by atoms with Crippen molar-refractivity contribution in [2.45, 2.75) is 33.1 Å². The van der Waals surface area contributed by atoms with Crippen molar-refractivity contribution < 1.29 is 0 Å². The van der Waals surface area contributed by atoms with Crippen LogP contribution in [0.15, 0.2) is 12.2 Å². The Balaban J connectivity index is 0. The van der Waals surface area contributed by atoms with Crippen molar-refractivity contribution in [2.75, 3.05) is 13.1 Å². The summed E-state index contributed by atoms with van der Waals surface area (Å²) in [6.45, 7) is 6.56. The molecule has 0 aromatic carbocycles. The van der Waals surface area contributed by atoms with Gasteiger partial charge in [-0.25, -0.2) is 0 Å². The monoisotopic (exact) mass is 177 g/mol. The Morgan fingerprint density at radius 1 is 1.18 bits per heavy atom. The van der Waals surface area contributed by atoms with Crippen molar-refractivity contribution in [2.24, 2.45) is 0 Å². The quantitative estimate of drug-likeness (QED) is 0.486. The molecule has 0 atom stereocenters. The number of nitrogens with one attached hydrogen (secondary N) is 1. The fourth-order valence-corrected chi connectivity index (χ4v) is 0.737. The first kappa shape index (κ1) is 13.6. The first-order chi connectivity index (χ1) is 4.91. The maximum Gasteiger partial charge on any atom is 0.0134 e. The Hall–Kier alpha value is -0.0100. The zero-order chi connectivity index (χ0) is 7.66. The van der Waals surface area contributed by atoms with E-state index < -0.39 is 0 Å². The van der Waals surface area contributed by atoms with E-state index in [0.29, 0.717) is 0 Å². The molecule has 0 aliphatic carbocycles. The molecule has 68 valence electrons. The number of halogens is 1. The van der Waals surface area contributed by atoms with Crippen molar-refractivity contribution in [3.8, 4) is 0 Å². The second-order valence-electron chi connectivity index (χ2n) is 2.44. The van der Waals surface area contributed by atoms with Crippen LogP contribution >= 0.6 is 12.4 Å². The van der Waals surface area contributed by atoms with Crippen molar-refractivity contribution in [3.05, 3.63) is 12.2 Å². The van der Waals surface area contributed by atoms with Crippen molar-refractivity contribution in [3.63, 3.8) is 0 Å². The first-order valence-electron chi connectivity index (χ1n) is 4.27. The standard InChI is InChI=1S/C9H19N.ClH/c1-3-5-7-9-10-8-6-4-2;/h5,7,10H,3-4,6,8-9H2,1-2H3;1H/b7-5+;. The van der Waals surface area contributed by atoms with Crippen LogP contribution in [0.2, 0.25) is 0 Å². The summed E-state index contributed by atoms with van der Waals surface area (Å²) in [5.74, 6) is 0. The van der Waals surface area contributed by atoms with Gasteiger partial charge in [-0.1, -0.05) is 32.4 Å². The van der Waals surface area contributed by atoms with Gasteiger partial charge in [-0.3, -0.25) is 0 Å². The van der Waals surface area contributed by atoms with E-state index in [9.17, 15) is 0 Å². The van der Waals surface area contributed by atoms with Crippen LogP contribution in [0.1, 0.15) is 33.1 Å². The summed E-state index contributed by atoms with van der Waals surface area (Å²) in [5.41, 5.74) is 0. The van der Waals surface area contributed by atoms with Crippen LogP contribution < -0.4 is 5.32 Å². The molecule has 1 nitrogen and oxygen atoms in total. The molecule has 0 aliphatic heterocycles. The minimum atomic E-state index is 0. The van der Waals surface area contributed by atoms with E-state index in [1.807, 2.05) is 0 Å². The Bertz CT molecular complexity index is 81.6. The van der Waals surface area contributed by atoms with Gasteiger partial charge < -0.3 is 5.32 Å². The Kier molecular flexibility index (Phi) is 15.6. The number of unbranched alkanes of at least 4 members (excludes halogenated alkanes) is 1. The summed E-state index contributed by atoms with van der Waals surface area (Å²) in [4.78, 5) is 0. The van der Waals surface area contributed by atoms with Gasteiger partial charge in [0.15, 0.2) is 0 Å². The molecule has 0 aromatic rings. The molecular formula is C9H20ClN. The van der Waals surface area contributed by atoms with Crippen LogP contribution in [0.5, 0.6) is 0 Å². The lowest BCUT2D eigenvalue weighted by molar-refractivity contribution is 0.681. The minimum Gasteiger partial charge on any atom is -0.313 e. The third kappa shape index (κ3) is 13.1. The zero-order valence-electron chi connectivity index (χ0n) is 7.60. The highest BCUT2D eigenvalue weighted by Crippen LogP contribution is 1.82. The molecule has 0 fully saturated rings. The summed E-state index contributed by atoms with van der Waals surface area (Å²) in [7, 11) is 0. The van der Waals surface area contributed by atoms with Gasteiger partial charge in [0.05, 0.1) is 0 Å². The topological polar surface area (TPSA) is 12.0 Å². The molecule has 0 rings (SSSR count). The van der Waals surface area contributed by atoms with E-state index in [-0.39, 0.29) is 12.4 Å². The molecule has 2 heteroatoms. The summed E-state index contributed by atoms with van der Waals surface area (Å²) >= 11 is 0. The molecule has 0 amide bonds. The van der Waals surface area contributed by atoms with E-state index in [4.69, 9.17) is 0 Å². The lowest BCUT2D eigenvalue weighted by Gasteiger charge is -1.97. The van der Waals surface area contributed by atoms with Gasteiger partial charge in [-0.15, -0.1) is 12.4 Å². The molecule has 0 radical (unpaired) electrons. The second-order valence-corrected chi connectivity index (χ2v) is 2.44. The number of rotatable bonds is 6. The van der Waals surface area contributed by atoms with Gasteiger partial charge in [0.25, 0.3) is 0 Å². The number of allylic oxidation sites excluding steroid dienone is 1. The van der Waals surface area contributed by atoms with Crippen LogP contribution in [0.4, 0.5) is 0 Å². The molecule has 1 N–H and O–H groups in total. The molecule has 0 aliphatic rings. The second kappa shape index (κ2) is 12.6. The highest BCUT2D eigenvalue weighted by molar-refractivity contribution is 5.85. The van der Waals surface area contributed by atoms with Crippen LogP contribution in [-0.2, 0) is 0 Å². The molecule has 0 heterocycles. The SMILES string of the molecule is CC/C=C/CNCCCC.Cl. The third-order valence-electron chi connectivity index (χ3n) is 1.37. The Morgan fingerprint density at radius 3 is 2.45 bits per heavy atom. The Labute approximate surface area is 76.7 Å². The van der Waals surface area contributed by atoms with E-state index in [2.05, 4.69) is 31.3 Å². The van der Waals surface area contributed by atoms with Crippen LogP contribution in [0.3, 0.4) is 0 Å². The fourth-order valence-electron chi connectivity index (χ4n) is 0.737. The van der Waals surface area contributed by atoms with Gasteiger partial charge in [0.1, 0.15) is 0 Å². The molecule has 0 unspecified atom stereocenters. The van der Waals surface area contributed by atoms with Gasteiger partial charge in [-0.2, -0.15) is 0 Å². The zero-order valence-corrected chi connectivity index (χ0v) is 8.41. The molecule has 0 saturated carbocycles. The van der Waals surface area contributed by atoms with Gasteiger partial charge >= 0.3 is 0 Å². The molecule has 0 spiro atoms. The molecule has 0 saturated heterocycles. The molecule has 11 heavy (non-hydrogen) atoms. The van der Waals surface area contributed by atoms with Crippen molar-refractivity contribution in [1.82, 2.24) is 5.32 Å². The average Bonchev–Trinajstić information content (AvgIpc) is 1.97. The summed E-state index contributed by atoms with van der Waals surface area (Å²) in [6.07, 6.45) is 8.11. The number of hydrogen-bond donors (Lipinski definition) is 1. The summed E-state index contributed by atoms with van der Waals surface area (Å²) in [5, 5.41) is 3.33. The molecule has 0 bridgehead atoms. The van der Waals surface area contributed by atoms with Crippen LogP contribution in [-0.4, -0.2) is 13.1 Å². The van der Waals surface area contributed by atoms with E-state index in [1.165, 1.54) is 12.8 Å². The largest absolute Gasteiger partial charge is 0.313 e. The van der Waals surface area contributed by atoms with Gasteiger partial charge in [-0.05, 0) is 19.4 Å². The fraction of sp³-hybridized carbons (Fsp3) is 0.778. The Morgan fingerprint density at radius 2 is 1.91 bits per heavy atom. The molecule has 0 aromatic heterocycles. The smallest absolute Gasteiger partial charge is 0.0134 e. The van der Waals surface area contributed by atoms with Crippen molar-refractivity contribution >= 4 is 12.4 Å².